The van der Waals surface area contributed by atoms with Crippen LogP contribution < -0.4 is 0 Å². The molecule has 0 rings (SSSR count). The highest BCUT2D eigenvalue weighted by Gasteiger charge is 2.30. The molecule has 0 heterocycles. The van der Waals surface area contributed by atoms with Crippen molar-refractivity contribution < 1.29 is 80.2 Å². The van der Waals surface area contributed by atoms with Crippen molar-refractivity contribution in [2.75, 3.05) is 39.6 Å². The van der Waals surface area contributed by atoms with Crippen LogP contribution in [-0.4, -0.2) is 96.7 Å². The van der Waals surface area contributed by atoms with Gasteiger partial charge in [0.15, 0.2) is 12.2 Å². The Hall–Kier alpha value is -5.58. The number of allylic oxidation sites excluding steroid dienone is 28. The Bertz CT molecular complexity index is 2680. The minimum absolute atomic E-state index is 0.0227. The molecule has 0 aliphatic rings. The van der Waals surface area contributed by atoms with E-state index >= 15 is 0 Å². The quantitative estimate of drug-likeness (QED) is 0.0169. The second kappa shape index (κ2) is 77.6. The van der Waals surface area contributed by atoms with Crippen LogP contribution in [-0.2, 0) is 65.4 Å². The summed E-state index contributed by atoms with van der Waals surface area (Å²) >= 11 is 0. The molecule has 0 saturated carbocycles. The fourth-order valence-electron chi connectivity index (χ4n) is 10.2. The van der Waals surface area contributed by atoms with E-state index in [0.717, 1.165) is 173 Å². The van der Waals surface area contributed by atoms with Crippen molar-refractivity contribution in [3.8, 4) is 0 Å². The van der Waals surface area contributed by atoms with E-state index in [-0.39, 0.29) is 25.7 Å². The van der Waals surface area contributed by atoms with Crippen molar-refractivity contribution in [1.82, 2.24) is 0 Å². The molecule has 5 unspecified atom stereocenters. The molecule has 0 aliphatic heterocycles. The van der Waals surface area contributed by atoms with Gasteiger partial charge >= 0.3 is 39.5 Å². The van der Waals surface area contributed by atoms with Crippen molar-refractivity contribution in [3.63, 3.8) is 0 Å². The molecule has 0 aliphatic carbocycles. The highest BCUT2D eigenvalue weighted by molar-refractivity contribution is 7.47. The normalized spacial score (nSPS) is 14.7. The number of carbonyl (C=O) groups excluding carboxylic acids is 4. The second-order valence-corrected chi connectivity index (χ2v) is 29.1. The van der Waals surface area contributed by atoms with Crippen LogP contribution in [0.1, 0.15) is 297 Å². The molecule has 0 aromatic heterocycles. The third-order valence-electron chi connectivity index (χ3n) is 16.2. The maximum absolute atomic E-state index is 13.1. The number of hydrogen-bond donors (Lipinski definition) is 3. The minimum Gasteiger partial charge on any atom is -0.462 e. The van der Waals surface area contributed by atoms with Crippen LogP contribution in [0.5, 0.6) is 0 Å². The lowest BCUT2D eigenvalue weighted by Gasteiger charge is -2.21. The van der Waals surface area contributed by atoms with Gasteiger partial charge in [-0.2, -0.15) is 0 Å². The van der Waals surface area contributed by atoms with Gasteiger partial charge in [0, 0.05) is 25.7 Å². The van der Waals surface area contributed by atoms with Crippen LogP contribution >= 0.6 is 15.6 Å². The largest absolute Gasteiger partial charge is 0.472 e. The molecule has 0 aromatic rings. The monoisotopic (exact) mass is 1520 g/mol. The molecule has 0 spiro atoms. The lowest BCUT2D eigenvalue weighted by molar-refractivity contribution is -0.161. The summed E-state index contributed by atoms with van der Waals surface area (Å²) in [5, 5.41) is 10.6. The molecule has 0 radical (unpaired) electrons. The maximum atomic E-state index is 13.1. The molecular weight excluding hydrogens is 1380 g/mol. The van der Waals surface area contributed by atoms with Crippen molar-refractivity contribution in [1.29, 1.82) is 0 Å². The Morgan fingerprint density at radius 3 is 0.821 bits per heavy atom. The van der Waals surface area contributed by atoms with E-state index in [9.17, 15) is 43.2 Å². The average Bonchev–Trinajstić information content (AvgIpc) is 0.901. The lowest BCUT2D eigenvalue weighted by Crippen LogP contribution is -2.30. The zero-order valence-corrected chi connectivity index (χ0v) is 67.6. The molecule has 17 nitrogen and oxygen atoms in total. The van der Waals surface area contributed by atoms with Gasteiger partial charge in [0.05, 0.1) is 26.4 Å². The standard InChI is InChI=1S/C87H142O17P2/c1-5-9-13-17-21-25-29-32-35-38-40-43-46-49-53-56-60-64-68-72-85(90)98-78-83(104-87(92)74-70-66-62-58-54-50-47-44-41-39-36-33-30-26-22-18-14-10-6-2)80-102-106(95,96)100-76-81(88)75-99-105(93,94)101-79-82(103-86(91)73-69-65-61-57-51-28-24-20-16-12-8-4)77-97-84(89)71-67-63-59-55-52-48-45-42-37-34-31-27-23-19-15-11-7-3/h9-11,13-15,21-23,25-27,32-37,40-41,43-44,49-50,53-54,60,64,81-83,88H,5-8,12,16-20,24,28-31,38-39,42,45-48,51-52,55-59,61-63,65-80H2,1-4H3,(H,93,94)(H,95,96)/b13-9-,14-10-,15-11-,25-21-,26-22-,27-23-,35-32-,36-33-,37-34-,43-40-,44-41-,53-49-,54-50-,64-60-. The Morgan fingerprint density at radius 2 is 0.509 bits per heavy atom. The van der Waals surface area contributed by atoms with Crippen LogP contribution in [0.15, 0.2) is 170 Å². The van der Waals surface area contributed by atoms with Crippen LogP contribution in [0.25, 0.3) is 0 Å². The first kappa shape index (κ1) is 100. The minimum atomic E-state index is -5.01. The predicted molar refractivity (Wildman–Crippen MR) is 436 cm³/mol. The average molecular weight is 1520 g/mol. The first-order chi connectivity index (χ1) is 51.7. The van der Waals surface area contributed by atoms with E-state index < -0.39 is 97.5 Å². The summed E-state index contributed by atoms with van der Waals surface area (Å²) in [6, 6.07) is 0. The molecule has 0 amide bonds. The van der Waals surface area contributed by atoms with Gasteiger partial charge in [-0.3, -0.25) is 37.3 Å². The Labute approximate surface area is 642 Å². The molecular formula is C87H142O17P2. The van der Waals surface area contributed by atoms with Crippen molar-refractivity contribution in [2.45, 2.75) is 316 Å². The van der Waals surface area contributed by atoms with Gasteiger partial charge in [0.1, 0.15) is 19.3 Å². The molecule has 0 fully saturated rings. The van der Waals surface area contributed by atoms with E-state index in [1.165, 1.54) is 38.5 Å². The molecule has 0 aromatic carbocycles. The highest BCUT2D eigenvalue weighted by atomic mass is 31.2. The second-order valence-electron chi connectivity index (χ2n) is 26.2. The Kier molecular flexibility index (Phi) is 73.5. The van der Waals surface area contributed by atoms with Crippen LogP contribution in [0.2, 0.25) is 0 Å². The van der Waals surface area contributed by atoms with Gasteiger partial charge < -0.3 is 33.8 Å². The molecule has 5 atom stereocenters. The van der Waals surface area contributed by atoms with Gasteiger partial charge in [-0.05, 0) is 141 Å². The number of phosphoric ester groups is 2. The zero-order chi connectivity index (χ0) is 77.4. The summed E-state index contributed by atoms with van der Waals surface area (Å²) < 4.78 is 68.5. The summed E-state index contributed by atoms with van der Waals surface area (Å²) in [5.74, 6) is -2.33. The van der Waals surface area contributed by atoms with Crippen molar-refractivity contribution in [2.24, 2.45) is 0 Å². The molecule has 19 heteroatoms. The summed E-state index contributed by atoms with van der Waals surface area (Å²) in [5.41, 5.74) is 0. The van der Waals surface area contributed by atoms with E-state index in [1.54, 1.807) is 0 Å². The van der Waals surface area contributed by atoms with Crippen molar-refractivity contribution in [3.05, 3.63) is 170 Å². The number of phosphoric acid groups is 2. The number of esters is 4. The first-order valence-corrected chi connectivity index (χ1v) is 43.4. The van der Waals surface area contributed by atoms with E-state index in [2.05, 4.69) is 180 Å². The van der Waals surface area contributed by atoms with Gasteiger partial charge in [-0.25, -0.2) is 9.13 Å². The number of hydrogen-bond acceptors (Lipinski definition) is 15. The third kappa shape index (κ3) is 76.6. The Morgan fingerprint density at radius 1 is 0.274 bits per heavy atom. The van der Waals surface area contributed by atoms with Gasteiger partial charge in [0.25, 0.3) is 0 Å². The number of rotatable bonds is 74. The van der Waals surface area contributed by atoms with Gasteiger partial charge in [-0.15, -0.1) is 0 Å². The summed E-state index contributed by atoms with van der Waals surface area (Å²) in [6.07, 6.45) is 92.1. The Balaban J connectivity index is 5.46. The highest BCUT2D eigenvalue weighted by Crippen LogP contribution is 2.45. The molecule has 602 valence electrons. The smallest absolute Gasteiger partial charge is 0.462 e. The number of aliphatic hydroxyl groups is 1. The van der Waals surface area contributed by atoms with Crippen LogP contribution in [0.3, 0.4) is 0 Å². The maximum Gasteiger partial charge on any atom is 0.472 e. The van der Waals surface area contributed by atoms with Gasteiger partial charge in [-0.1, -0.05) is 301 Å². The topological polar surface area (TPSA) is 237 Å². The summed E-state index contributed by atoms with van der Waals surface area (Å²) in [6.45, 7) is 4.39. The lowest BCUT2D eigenvalue weighted by atomic mass is 10.1. The van der Waals surface area contributed by atoms with Gasteiger partial charge in [0.2, 0.25) is 0 Å². The summed E-state index contributed by atoms with van der Waals surface area (Å²) in [4.78, 5) is 73.0. The first-order valence-electron chi connectivity index (χ1n) is 40.4. The number of unbranched alkanes of at least 4 members (excludes halogenated alkanes) is 20. The molecule has 106 heavy (non-hydrogen) atoms. The molecule has 0 saturated heterocycles. The van der Waals surface area contributed by atoms with E-state index in [1.807, 2.05) is 18.2 Å². The van der Waals surface area contributed by atoms with E-state index in [4.69, 9.17) is 37.0 Å². The predicted octanol–water partition coefficient (Wildman–Crippen LogP) is 23.8. The molecule has 0 bridgehead atoms. The number of aliphatic hydroxyl groups excluding tert-OH is 1. The SMILES string of the molecule is CC/C=C\C/C=C\C/C=C\C/C=C\C/C=C\C/C=C\CCC(=O)OCC(COP(=O)(O)OCC(O)COP(=O)(O)OCC(COC(=O)CCCCCCCCC/C=C\C/C=C\C/C=C\CC)OC(=O)CCCCCCCCCCCCC)OC(=O)CCCCC/C=C\C/C=C\C/C=C\C/C=C\C/C=C\CC. The zero-order valence-electron chi connectivity index (χ0n) is 65.8. The summed E-state index contributed by atoms with van der Waals surface area (Å²) in [7, 11) is -10.0. The van der Waals surface area contributed by atoms with Crippen LogP contribution in [0.4, 0.5) is 0 Å². The number of carbonyl (C=O) groups is 4. The van der Waals surface area contributed by atoms with E-state index in [0.29, 0.717) is 32.1 Å². The number of ether oxygens (including phenoxy) is 4. The fraction of sp³-hybridized carbons (Fsp3) is 0.632. The van der Waals surface area contributed by atoms with Crippen molar-refractivity contribution >= 4 is 39.5 Å². The third-order valence-corrected chi connectivity index (χ3v) is 18.1. The fourth-order valence-corrected chi connectivity index (χ4v) is 11.7. The molecule has 3 N–H and O–H groups in total. The van der Waals surface area contributed by atoms with Crippen LogP contribution in [0, 0.1) is 0 Å².